The third-order valence-electron chi connectivity index (χ3n) is 4.93. The largest absolute Gasteiger partial charge is 0.508 e. The van der Waals surface area contributed by atoms with E-state index in [4.69, 9.17) is 4.74 Å². The summed E-state index contributed by atoms with van der Waals surface area (Å²) in [7, 11) is 1.49. The zero-order valence-corrected chi connectivity index (χ0v) is 14.5. The van der Waals surface area contributed by atoms with Gasteiger partial charge in [-0.25, -0.2) is 4.98 Å². The maximum atomic E-state index is 12.6. The van der Waals surface area contributed by atoms with E-state index >= 15 is 0 Å². The molecule has 1 aliphatic carbocycles. The number of amides is 1. The van der Waals surface area contributed by atoms with Crippen molar-refractivity contribution in [3.8, 4) is 5.75 Å². The summed E-state index contributed by atoms with van der Waals surface area (Å²) in [4.78, 5) is 20.6. The Labute approximate surface area is 151 Å². The molecule has 134 valence electrons. The molecule has 3 N–H and O–H groups in total. The van der Waals surface area contributed by atoms with Gasteiger partial charge in [0.15, 0.2) is 6.10 Å². The van der Waals surface area contributed by atoms with E-state index in [1.807, 2.05) is 18.2 Å². The Bertz CT molecular complexity index is 929. The molecule has 6 nitrogen and oxygen atoms in total. The second kappa shape index (κ2) is 6.80. The number of methoxy groups -OCH3 is 1. The van der Waals surface area contributed by atoms with Crippen molar-refractivity contribution in [3.63, 3.8) is 0 Å². The molecule has 0 unspecified atom stereocenters. The molecule has 1 aliphatic rings. The van der Waals surface area contributed by atoms with E-state index in [2.05, 4.69) is 15.3 Å². The second-order valence-electron chi connectivity index (χ2n) is 6.68. The van der Waals surface area contributed by atoms with Crippen LogP contribution in [0.15, 0.2) is 42.5 Å². The lowest BCUT2D eigenvalue weighted by atomic mass is 9.85. The lowest BCUT2D eigenvalue weighted by Gasteiger charge is -2.22. The number of hydrogen-bond acceptors (Lipinski definition) is 4. The number of H-pyrrole nitrogens is 1. The molecule has 26 heavy (non-hydrogen) atoms. The van der Waals surface area contributed by atoms with Crippen LogP contribution in [-0.4, -0.2) is 28.1 Å². The van der Waals surface area contributed by atoms with Crippen molar-refractivity contribution in [2.24, 2.45) is 0 Å². The van der Waals surface area contributed by atoms with Gasteiger partial charge in [-0.3, -0.25) is 4.79 Å². The summed E-state index contributed by atoms with van der Waals surface area (Å²) >= 11 is 0. The number of anilines is 1. The molecule has 4 rings (SSSR count). The minimum atomic E-state index is -0.751. The van der Waals surface area contributed by atoms with Gasteiger partial charge in [-0.2, -0.15) is 0 Å². The van der Waals surface area contributed by atoms with Crippen molar-refractivity contribution < 1.29 is 14.6 Å². The molecule has 1 saturated carbocycles. The van der Waals surface area contributed by atoms with Crippen molar-refractivity contribution in [3.05, 3.63) is 53.9 Å². The normalized spacial score (nSPS) is 15.6. The summed E-state index contributed by atoms with van der Waals surface area (Å²) in [5.41, 5.74) is 3.19. The van der Waals surface area contributed by atoms with Crippen LogP contribution < -0.4 is 5.32 Å². The van der Waals surface area contributed by atoms with Crippen LogP contribution in [0.1, 0.15) is 42.7 Å². The molecule has 0 bridgehead atoms. The molecule has 1 aromatic heterocycles. The van der Waals surface area contributed by atoms with E-state index in [0.29, 0.717) is 17.2 Å². The fourth-order valence-electron chi connectivity index (χ4n) is 3.23. The van der Waals surface area contributed by atoms with Crippen LogP contribution in [0.5, 0.6) is 5.75 Å². The minimum absolute atomic E-state index is 0.149. The zero-order valence-electron chi connectivity index (χ0n) is 14.5. The van der Waals surface area contributed by atoms with Gasteiger partial charge < -0.3 is 20.1 Å². The predicted molar refractivity (Wildman–Crippen MR) is 99.2 cm³/mol. The van der Waals surface area contributed by atoms with Gasteiger partial charge in [-0.1, -0.05) is 18.6 Å². The number of rotatable bonds is 5. The van der Waals surface area contributed by atoms with Crippen LogP contribution in [0.3, 0.4) is 0 Å². The summed E-state index contributed by atoms with van der Waals surface area (Å²) in [6.07, 6.45) is 2.88. The summed E-state index contributed by atoms with van der Waals surface area (Å²) in [6.45, 7) is 0. The fraction of sp³-hybridized carbons (Fsp3) is 0.300. The molecule has 1 fully saturated rings. The SMILES string of the molecule is CO[C@@H](C(=O)Nc1ccc2nc(C3CCC3)[nH]c2c1)c1ccc(O)cc1. The number of nitrogens with zero attached hydrogens (tertiary/aromatic N) is 1. The summed E-state index contributed by atoms with van der Waals surface area (Å²) in [6, 6.07) is 12.1. The van der Waals surface area contributed by atoms with E-state index in [0.717, 1.165) is 16.9 Å². The van der Waals surface area contributed by atoms with Crippen molar-refractivity contribution in [1.82, 2.24) is 9.97 Å². The number of benzene rings is 2. The standard InChI is InChI=1S/C20H21N3O3/c1-26-18(12-5-8-15(24)9-6-12)20(25)21-14-7-10-16-17(11-14)23-19(22-16)13-3-2-4-13/h5-11,13,18,24H,2-4H2,1H3,(H,21,25)(H,22,23)/t18-/m1/s1. The van der Waals surface area contributed by atoms with Crippen molar-refractivity contribution in [2.75, 3.05) is 12.4 Å². The Balaban J connectivity index is 1.53. The van der Waals surface area contributed by atoms with E-state index in [9.17, 15) is 9.90 Å². The van der Waals surface area contributed by atoms with Gasteiger partial charge in [-0.15, -0.1) is 0 Å². The molecule has 1 amide bonds. The average Bonchev–Trinajstić information content (AvgIpc) is 2.98. The minimum Gasteiger partial charge on any atom is -0.508 e. The number of carbonyl (C=O) groups excluding carboxylic acids is 1. The molecule has 0 aliphatic heterocycles. The Morgan fingerprint density at radius 1 is 1.27 bits per heavy atom. The molecule has 2 aromatic carbocycles. The number of fused-ring (bicyclic) bond motifs is 1. The number of nitrogens with one attached hydrogen (secondary N) is 2. The molecule has 1 heterocycles. The third-order valence-corrected chi connectivity index (χ3v) is 4.93. The number of aromatic hydroxyl groups is 1. The monoisotopic (exact) mass is 351 g/mol. The Hall–Kier alpha value is -2.86. The lowest BCUT2D eigenvalue weighted by molar-refractivity contribution is -0.126. The van der Waals surface area contributed by atoms with Gasteiger partial charge in [0.05, 0.1) is 11.0 Å². The van der Waals surface area contributed by atoms with Gasteiger partial charge in [0, 0.05) is 18.7 Å². The second-order valence-corrected chi connectivity index (χ2v) is 6.68. The Morgan fingerprint density at radius 3 is 2.69 bits per heavy atom. The summed E-state index contributed by atoms with van der Waals surface area (Å²) in [5, 5.41) is 12.3. The highest BCUT2D eigenvalue weighted by Crippen LogP contribution is 2.35. The fourth-order valence-corrected chi connectivity index (χ4v) is 3.23. The highest BCUT2D eigenvalue weighted by Gasteiger charge is 2.23. The number of aromatic nitrogens is 2. The van der Waals surface area contributed by atoms with Crippen molar-refractivity contribution >= 4 is 22.6 Å². The highest BCUT2D eigenvalue weighted by molar-refractivity contribution is 5.96. The van der Waals surface area contributed by atoms with E-state index in [1.165, 1.54) is 38.5 Å². The van der Waals surface area contributed by atoms with Gasteiger partial charge >= 0.3 is 0 Å². The van der Waals surface area contributed by atoms with E-state index in [-0.39, 0.29) is 11.7 Å². The van der Waals surface area contributed by atoms with Gasteiger partial charge in [0.25, 0.3) is 5.91 Å². The molecular weight excluding hydrogens is 330 g/mol. The number of phenols is 1. The first-order valence-corrected chi connectivity index (χ1v) is 8.76. The van der Waals surface area contributed by atoms with Gasteiger partial charge in [0.1, 0.15) is 11.6 Å². The Morgan fingerprint density at radius 2 is 2.04 bits per heavy atom. The van der Waals surface area contributed by atoms with Crippen LogP contribution in [0.25, 0.3) is 11.0 Å². The number of hydrogen-bond donors (Lipinski definition) is 3. The first kappa shape index (κ1) is 16.6. The zero-order chi connectivity index (χ0) is 18.1. The number of carbonyl (C=O) groups is 1. The molecule has 0 saturated heterocycles. The summed E-state index contributed by atoms with van der Waals surface area (Å²) in [5.74, 6) is 1.45. The molecule has 3 aromatic rings. The predicted octanol–water partition coefficient (Wildman–Crippen LogP) is 3.86. The number of ether oxygens (including phenoxy) is 1. The quantitative estimate of drug-likeness (QED) is 0.651. The smallest absolute Gasteiger partial charge is 0.258 e. The Kier molecular flexibility index (Phi) is 4.34. The number of phenolic OH excluding ortho intramolecular Hbond substituents is 1. The maximum Gasteiger partial charge on any atom is 0.258 e. The van der Waals surface area contributed by atoms with Crippen LogP contribution in [0.2, 0.25) is 0 Å². The molecule has 6 heteroatoms. The lowest BCUT2D eigenvalue weighted by Crippen LogP contribution is -2.22. The number of imidazole rings is 1. The topological polar surface area (TPSA) is 87.2 Å². The van der Waals surface area contributed by atoms with Gasteiger partial charge in [-0.05, 0) is 48.7 Å². The van der Waals surface area contributed by atoms with Crippen LogP contribution in [0, 0.1) is 0 Å². The van der Waals surface area contributed by atoms with Crippen molar-refractivity contribution in [1.29, 1.82) is 0 Å². The molecule has 0 spiro atoms. The van der Waals surface area contributed by atoms with Crippen LogP contribution in [0.4, 0.5) is 5.69 Å². The van der Waals surface area contributed by atoms with E-state index < -0.39 is 6.10 Å². The average molecular weight is 351 g/mol. The molecular formula is C20H21N3O3. The third kappa shape index (κ3) is 3.15. The molecule has 1 atom stereocenters. The van der Waals surface area contributed by atoms with E-state index in [1.54, 1.807) is 12.1 Å². The first-order valence-electron chi connectivity index (χ1n) is 8.76. The van der Waals surface area contributed by atoms with Gasteiger partial charge in [0.2, 0.25) is 0 Å². The first-order chi connectivity index (χ1) is 12.6. The van der Waals surface area contributed by atoms with Crippen LogP contribution >= 0.6 is 0 Å². The molecule has 0 radical (unpaired) electrons. The maximum absolute atomic E-state index is 12.6. The van der Waals surface area contributed by atoms with Crippen molar-refractivity contribution in [2.45, 2.75) is 31.3 Å². The van der Waals surface area contributed by atoms with Crippen LogP contribution in [-0.2, 0) is 9.53 Å². The number of aromatic amines is 1. The summed E-state index contributed by atoms with van der Waals surface area (Å²) < 4.78 is 5.34. The highest BCUT2D eigenvalue weighted by atomic mass is 16.5.